The summed E-state index contributed by atoms with van der Waals surface area (Å²) in [5, 5.41) is 10.2. The summed E-state index contributed by atoms with van der Waals surface area (Å²) in [4.78, 5) is 10.8. The zero-order valence-electron chi connectivity index (χ0n) is 5.29. The van der Waals surface area contributed by atoms with Gasteiger partial charge in [-0.25, -0.2) is 0 Å². The molecule has 0 radical (unpaired) electrons. The molecule has 1 heterocycles. The van der Waals surface area contributed by atoms with Gasteiger partial charge in [0.2, 0.25) is 0 Å². The van der Waals surface area contributed by atoms with Gasteiger partial charge < -0.3 is 14.3 Å². The molecule has 0 saturated heterocycles. The van der Waals surface area contributed by atoms with E-state index in [0.717, 1.165) is 0 Å². The minimum atomic E-state index is -1.27. The largest absolute Gasteiger partial charge is 0.541 e. The predicted molar refractivity (Wildman–Crippen MR) is 34.8 cm³/mol. The first kappa shape index (κ1) is 7.21. The minimum absolute atomic E-state index is 0.0903. The molecule has 0 fully saturated rings. The third-order valence-corrected chi connectivity index (χ3v) is 1.80. The fraction of sp³-hybridized carbons (Fsp3) is 0.167. The van der Waals surface area contributed by atoms with Crippen LogP contribution in [0.1, 0.15) is 10.6 Å². The Labute approximate surface area is 62.0 Å². The molecule has 1 aromatic heterocycles. The number of carboxylic acid groups (broad SMARTS) is 1. The van der Waals surface area contributed by atoms with Gasteiger partial charge in [0.1, 0.15) is 5.97 Å². The maximum atomic E-state index is 10.2. The average Bonchev–Trinajstić information content (AvgIpc) is 2.33. The lowest BCUT2D eigenvalue weighted by atomic mass is 10.5. The smallest absolute Gasteiger partial charge is 0.162 e. The van der Waals surface area contributed by atoms with E-state index >= 15 is 0 Å². The number of hydrogen-bond donors (Lipinski definition) is 0. The molecule has 0 bridgehead atoms. The molecule has 0 saturated carbocycles. The highest BCUT2D eigenvalue weighted by molar-refractivity contribution is 7.98. The summed E-state index contributed by atoms with van der Waals surface area (Å²) in [6.45, 7) is 0. The van der Waals surface area contributed by atoms with Crippen LogP contribution in [-0.4, -0.2) is 12.2 Å². The Kier molecular flexibility index (Phi) is 2.01. The molecule has 0 spiro atoms. The lowest BCUT2D eigenvalue weighted by molar-refractivity contribution is -0.257. The van der Waals surface area contributed by atoms with Crippen molar-refractivity contribution in [3.05, 3.63) is 18.1 Å². The summed E-state index contributed by atoms with van der Waals surface area (Å²) in [6.07, 6.45) is 3.11. The SMILES string of the molecule is CSc1ccoc1C(=O)[O-]. The minimum Gasteiger partial charge on any atom is -0.541 e. The van der Waals surface area contributed by atoms with E-state index in [1.165, 1.54) is 18.0 Å². The van der Waals surface area contributed by atoms with Crippen LogP contribution in [0.25, 0.3) is 0 Å². The van der Waals surface area contributed by atoms with Crippen molar-refractivity contribution < 1.29 is 14.3 Å². The van der Waals surface area contributed by atoms with Crippen molar-refractivity contribution in [2.24, 2.45) is 0 Å². The Morgan fingerprint density at radius 2 is 2.50 bits per heavy atom. The lowest BCUT2D eigenvalue weighted by Crippen LogP contribution is -2.22. The van der Waals surface area contributed by atoms with Crippen molar-refractivity contribution in [1.29, 1.82) is 0 Å². The summed E-state index contributed by atoms with van der Waals surface area (Å²) in [6, 6.07) is 1.59. The van der Waals surface area contributed by atoms with Gasteiger partial charge in [-0.3, -0.25) is 0 Å². The van der Waals surface area contributed by atoms with Crippen molar-refractivity contribution in [2.75, 3.05) is 6.26 Å². The third-order valence-electron chi connectivity index (χ3n) is 1.03. The Hall–Kier alpha value is -0.900. The van der Waals surface area contributed by atoms with Crippen LogP contribution in [0, 0.1) is 0 Å². The van der Waals surface area contributed by atoms with Crippen molar-refractivity contribution >= 4 is 17.7 Å². The predicted octanol–water partition coefficient (Wildman–Crippen LogP) is 0.365. The quantitative estimate of drug-likeness (QED) is 0.582. The van der Waals surface area contributed by atoms with Gasteiger partial charge in [0.05, 0.1) is 11.2 Å². The van der Waals surface area contributed by atoms with Crippen LogP contribution in [0.3, 0.4) is 0 Å². The first-order valence-corrected chi connectivity index (χ1v) is 3.81. The molecule has 0 unspecified atom stereocenters. The molecule has 0 aliphatic heterocycles. The highest BCUT2D eigenvalue weighted by Crippen LogP contribution is 2.19. The van der Waals surface area contributed by atoms with Crippen molar-refractivity contribution in [3.8, 4) is 0 Å². The fourth-order valence-electron chi connectivity index (χ4n) is 0.607. The zero-order valence-corrected chi connectivity index (χ0v) is 6.10. The van der Waals surface area contributed by atoms with Gasteiger partial charge in [0.25, 0.3) is 0 Å². The molecule has 1 rings (SSSR count). The van der Waals surface area contributed by atoms with E-state index in [1.807, 2.05) is 0 Å². The van der Waals surface area contributed by atoms with Crippen LogP contribution < -0.4 is 5.11 Å². The summed E-state index contributed by atoms with van der Waals surface area (Å²) < 4.78 is 4.63. The second-order valence-corrected chi connectivity index (χ2v) is 2.45. The third kappa shape index (κ3) is 1.16. The van der Waals surface area contributed by atoms with E-state index in [4.69, 9.17) is 0 Å². The number of hydrogen-bond acceptors (Lipinski definition) is 4. The summed E-state index contributed by atoms with van der Waals surface area (Å²) in [5.74, 6) is -1.36. The van der Waals surface area contributed by atoms with Gasteiger partial charge in [-0.2, -0.15) is 0 Å². The van der Waals surface area contributed by atoms with E-state index in [2.05, 4.69) is 4.42 Å². The molecule has 0 aliphatic carbocycles. The molecular weight excluding hydrogens is 152 g/mol. The topological polar surface area (TPSA) is 53.3 Å². The molecule has 54 valence electrons. The summed E-state index contributed by atoms with van der Waals surface area (Å²) in [5.41, 5.74) is 0. The lowest BCUT2D eigenvalue weighted by Gasteiger charge is -1.97. The van der Waals surface area contributed by atoms with Crippen LogP contribution in [0.15, 0.2) is 21.6 Å². The van der Waals surface area contributed by atoms with Gasteiger partial charge in [-0.05, 0) is 12.3 Å². The molecule has 0 atom stereocenters. The van der Waals surface area contributed by atoms with Gasteiger partial charge in [0.15, 0.2) is 5.76 Å². The molecule has 0 amide bonds. The number of furan rings is 1. The standard InChI is InChI=1S/C6H6O3S/c1-10-4-2-3-9-5(4)6(7)8/h2-3H,1H3,(H,7,8)/p-1. The molecule has 10 heavy (non-hydrogen) atoms. The Morgan fingerprint density at radius 3 is 2.90 bits per heavy atom. The Balaban J connectivity index is 3.01. The van der Waals surface area contributed by atoms with Crippen LogP contribution in [-0.2, 0) is 0 Å². The number of rotatable bonds is 2. The van der Waals surface area contributed by atoms with E-state index < -0.39 is 5.97 Å². The highest BCUT2D eigenvalue weighted by Gasteiger charge is 2.04. The Morgan fingerprint density at radius 1 is 1.80 bits per heavy atom. The monoisotopic (exact) mass is 157 g/mol. The van der Waals surface area contributed by atoms with Crippen molar-refractivity contribution in [2.45, 2.75) is 4.90 Å². The van der Waals surface area contributed by atoms with Crippen molar-refractivity contribution in [3.63, 3.8) is 0 Å². The maximum absolute atomic E-state index is 10.2. The molecule has 1 aromatic rings. The van der Waals surface area contributed by atoms with E-state index in [1.54, 1.807) is 12.3 Å². The molecule has 4 heteroatoms. The number of aromatic carboxylic acids is 1. The van der Waals surface area contributed by atoms with Gasteiger partial charge >= 0.3 is 0 Å². The number of carboxylic acids is 1. The first-order valence-electron chi connectivity index (χ1n) is 2.58. The number of carbonyl (C=O) groups is 1. The maximum Gasteiger partial charge on any atom is 0.162 e. The molecule has 0 aliphatic rings. The summed E-state index contributed by atoms with van der Waals surface area (Å²) in [7, 11) is 0. The zero-order chi connectivity index (χ0) is 7.56. The Bertz CT molecular complexity index is 241. The van der Waals surface area contributed by atoms with Crippen LogP contribution in [0.5, 0.6) is 0 Å². The normalized spacial score (nSPS) is 9.70. The number of thioether (sulfide) groups is 1. The van der Waals surface area contributed by atoms with Gasteiger partial charge in [-0.15, -0.1) is 11.8 Å². The number of carbonyl (C=O) groups excluding carboxylic acids is 1. The summed E-state index contributed by atoms with van der Waals surface area (Å²) >= 11 is 1.32. The van der Waals surface area contributed by atoms with Crippen molar-refractivity contribution in [1.82, 2.24) is 0 Å². The second-order valence-electron chi connectivity index (χ2n) is 1.61. The van der Waals surface area contributed by atoms with E-state index in [0.29, 0.717) is 4.90 Å². The second kappa shape index (κ2) is 2.79. The average molecular weight is 157 g/mol. The highest BCUT2D eigenvalue weighted by atomic mass is 32.2. The van der Waals surface area contributed by atoms with Crippen LogP contribution >= 0.6 is 11.8 Å². The van der Waals surface area contributed by atoms with Crippen LogP contribution in [0.2, 0.25) is 0 Å². The molecule has 0 aromatic carbocycles. The molecular formula is C6H5O3S-. The fourth-order valence-corrected chi connectivity index (χ4v) is 1.12. The van der Waals surface area contributed by atoms with E-state index in [-0.39, 0.29) is 5.76 Å². The molecule has 0 N–H and O–H groups in total. The van der Waals surface area contributed by atoms with E-state index in [9.17, 15) is 9.90 Å². The first-order chi connectivity index (χ1) is 4.75. The molecule has 3 nitrogen and oxygen atoms in total. The van der Waals surface area contributed by atoms with Gasteiger partial charge in [-0.1, -0.05) is 0 Å². The van der Waals surface area contributed by atoms with Crippen LogP contribution in [0.4, 0.5) is 0 Å². The van der Waals surface area contributed by atoms with Gasteiger partial charge in [0, 0.05) is 0 Å².